The first-order valence-electron chi connectivity index (χ1n) is 3.70. The van der Waals surface area contributed by atoms with Gasteiger partial charge in [-0.1, -0.05) is 0 Å². The number of carbonyl (C=O) groups is 1. The Balaban J connectivity index is 2.94. The molecule has 0 spiro atoms. The van der Waals surface area contributed by atoms with E-state index >= 15 is 0 Å². The van der Waals surface area contributed by atoms with E-state index in [-0.39, 0.29) is 4.90 Å². The maximum absolute atomic E-state index is 13.1. The summed E-state index contributed by atoms with van der Waals surface area (Å²) in [7, 11) is 1.28. The van der Waals surface area contributed by atoms with Crippen molar-refractivity contribution in [3.05, 3.63) is 17.7 Å². The summed E-state index contributed by atoms with van der Waals surface area (Å²) in [6.45, 7) is -2.60. The van der Waals surface area contributed by atoms with Crippen molar-refractivity contribution in [2.75, 3.05) is 13.6 Å². The van der Waals surface area contributed by atoms with Crippen molar-refractivity contribution in [2.45, 2.75) is 0 Å². The second kappa shape index (κ2) is 4.12. The molecule has 78 valence electrons. The van der Waals surface area contributed by atoms with Gasteiger partial charge in [0.05, 0.1) is 6.20 Å². The number of hydrogen-bond donors (Lipinski definition) is 0. The number of aryl methyl sites for hydroxylation is 1. The molecule has 0 saturated heterocycles. The summed E-state index contributed by atoms with van der Waals surface area (Å²) < 4.78 is 38.0. The van der Waals surface area contributed by atoms with Crippen LogP contribution in [0.4, 0.5) is 13.2 Å². The van der Waals surface area contributed by atoms with Crippen LogP contribution >= 0.6 is 0 Å². The van der Waals surface area contributed by atoms with Gasteiger partial charge in [0, 0.05) is 7.05 Å². The van der Waals surface area contributed by atoms with E-state index in [1.54, 1.807) is 0 Å². The van der Waals surface area contributed by atoms with Crippen LogP contribution in [0.3, 0.4) is 0 Å². The van der Waals surface area contributed by atoms with Crippen molar-refractivity contribution in [2.24, 2.45) is 7.05 Å². The molecule has 0 saturated carbocycles. The van der Waals surface area contributed by atoms with E-state index < -0.39 is 31.0 Å². The van der Waals surface area contributed by atoms with Crippen LogP contribution in [0.25, 0.3) is 0 Å². The fourth-order valence-corrected chi connectivity index (χ4v) is 0.877. The lowest BCUT2D eigenvalue weighted by atomic mass is 10.3. The van der Waals surface area contributed by atoms with Gasteiger partial charge in [-0.15, -0.1) is 0 Å². The third-order valence-electron chi connectivity index (χ3n) is 1.67. The SMILES string of the molecule is Cn1ncc(C(=O)N(CF)CF)c1F. The minimum Gasteiger partial charge on any atom is -0.282 e. The Morgan fingerprint density at radius 1 is 1.57 bits per heavy atom. The van der Waals surface area contributed by atoms with Gasteiger partial charge in [-0.3, -0.25) is 9.69 Å². The molecule has 0 aliphatic carbocycles. The lowest BCUT2D eigenvalue weighted by Gasteiger charge is -2.12. The minimum atomic E-state index is -1.30. The standard InChI is InChI=1S/C7H8F3N3O/c1-12-6(10)5(2-11-12)7(14)13(3-8)4-9/h2H,3-4H2,1H3. The number of halogens is 3. The average molecular weight is 207 g/mol. The molecular weight excluding hydrogens is 199 g/mol. The van der Waals surface area contributed by atoms with Gasteiger partial charge in [0.25, 0.3) is 5.91 Å². The molecule has 1 amide bonds. The first-order chi connectivity index (χ1) is 6.61. The molecule has 0 radical (unpaired) electrons. The zero-order chi connectivity index (χ0) is 10.7. The molecule has 1 rings (SSSR count). The van der Waals surface area contributed by atoms with Gasteiger partial charge in [-0.05, 0) is 0 Å². The minimum absolute atomic E-state index is 0.222. The fourth-order valence-electron chi connectivity index (χ4n) is 0.877. The molecule has 0 bridgehead atoms. The Kier molecular flexibility index (Phi) is 3.10. The summed E-state index contributed by atoms with van der Waals surface area (Å²) in [5.41, 5.74) is -0.442. The molecule has 1 heterocycles. The number of nitrogens with zero attached hydrogens (tertiary/aromatic N) is 3. The number of alkyl halides is 2. The predicted molar refractivity (Wildman–Crippen MR) is 41.3 cm³/mol. The van der Waals surface area contributed by atoms with Crippen molar-refractivity contribution >= 4 is 5.91 Å². The largest absolute Gasteiger partial charge is 0.282 e. The second-order valence-corrected chi connectivity index (χ2v) is 2.56. The van der Waals surface area contributed by atoms with Crippen LogP contribution in [0.1, 0.15) is 10.4 Å². The topological polar surface area (TPSA) is 38.1 Å². The number of amides is 1. The fraction of sp³-hybridized carbons (Fsp3) is 0.429. The Hall–Kier alpha value is -1.53. The Morgan fingerprint density at radius 3 is 2.50 bits per heavy atom. The molecule has 0 N–H and O–H groups in total. The molecule has 0 unspecified atom stereocenters. The molecule has 0 aliphatic rings. The van der Waals surface area contributed by atoms with E-state index in [2.05, 4.69) is 5.10 Å². The van der Waals surface area contributed by atoms with Crippen LogP contribution in [0.15, 0.2) is 6.20 Å². The van der Waals surface area contributed by atoms with E-state index in [0.717, 1.165) is 10.9 Å². The van der Waals surface area contributed by atoms with Crippen LogP contribution in [0.2, 0.25) is 0 Å². The molecule has 0 aliphatic heterocycles. The van der Waals surface area contributed by atoms with Crippen LogP contribution in [-0.4, -0.2) is 34.2 Å². The van der Waals surface area contributed by atoms with Crippen molar-refractivity contribution < 1.29 is 18.0 Å². The van der Waals surface area contributed by atoms with Crippen molar-refractivity contribution in [3.8, 4) is 0 Å². The average Bonchev–Trinajstić information content (AvgIpc) is 2.49. The summed E-state index contributed by atoms with van der Waals surface area (Å²) >= 11 is 0. The molecule has 0 atom stereocenters. The summed E-state index contributed by atoms with van der Waals surface area (Å²) in [6.07, 6.45) is 0.927. The number of hydrogen-bond acceptors (Lipinski definition) is 2. The van der Waals surface area contributed by atoms with Gasteiger partial charge >= 0.3 is 0 Å². The highest BCUT2D eigenvalue weighted by Crippen LogP contribution is 2.09. The van der Waals surface area contributed by atoms with Gasteiger partial charge in [0.1, 0.15) is 5.56 Å². The third kappa shape index (κ3) is 1.70. The Labute approximate surface area is 77.9 Å². The van der Waals surface area contributed by atoms with Crippen molar-refractivity contribution in [1.82, 2.24) is 14.7 Å². The van der Waals surface area contributed by atoms with Crippen molar-refractivity contribution in [1.29, 1.82) is 0 Å². The molecule has 0 aromatic carbocycles. The maximum Gasteiger partial charge on any atom is 0.264 e. The smallest absolute Gasteiger partial charge is 0.264 e. The van der Waals surface area contributed by atoms with Gasteiger partial charge in [0.2, 0.25) is 5.95 Å². The second-order valence-electron chi connectivity index (χ2n) is 2.56. The normalized spacial score (nSPS) is 10.3. The zero-order valence-corrected chi connectivity index (χ0v) is 7.38. The summed E-state index contributed by atoms with van der Waals surface area (Å²) in [5, 5.41) is 3.44. The first-order valence-corrected chi connectivity index (χ1v) is 3.70. The van der Waals surface area contributed by atoms with E-state index in [1.807, 2.05) is 0 Å². The first kappa shape index (κ1) is 10.6. The maximum atomic E-state index is 13.1. The van der Waals surface area contributed by atoms with E-state index in [0.29, 0.717) is 0 Å². The van der Waals surface area contributed by atoms with E-state index in [4.69, 9.17) is 0 Å². The predicted octanol–water partition coefficient (Wildman–Crippen LogP) is 0.855. The van der Waals surface area contributed by atoms with Crippen LogP contribution in [0, 0.1) is 5.95 Å². The van der Waals surface area contributed by atoms with Crippen molar-refractivity contribution in [3.63, 3.8) is 0 Å². The molecular formula is C7H8F3N3O. The number of carbonyl (C=O) groups excluding carboxylic acids is 1. The van der Waals surface area contributed by atoms with Gasteiger partial charge < -0.3 is 0 Å². The van der Waals surface area contributed by atoms with Gasteiger partial charge in [-0.2, -0.15) is 9.49 Å². The molecule has 1 aromatic rings. The lowest BCUT2D eigenvalue weighted by molar-refractivity contribution is 0.0575. The number of aromatic nitrogens is 2. The molecule has 1 aromatic heterocycles. The van der Waals surface area contributed by atoms with E-state index in [1.165, 1.54) is 7.05 Å². The Morgan fingerprint density at radius 2 is 2.14 bits per heavy atom. The molecule has 14 heavy (non-hydrogen) atoms. The van der Waals surface area contributed by atoms with Crippen LogP contribution in [0.5, 0.6) is 0 Å². The lowest BCUT2D eigenvalue weighted by Crippen LogP contribution is -2.29. The Bertz CT molecular complexity index is 335. The monoisotopic (exact) mass is 207 g/mol. The quantitative estimate of drug-likeness (QED) is 0.689. The zero-order valence-electron chi connectivity index (χ0n) is 7.38. The van der Waals surface area contributed by atoms with Crippen LogP contribution < -0.4 is 0 Å². The highest BCUT2D eigenvalue weighted by atomic mass is 19.1. The van der Waals surface area contributed by atoms with E-state index in [9.17, 15) is 18.0 Å². The summed E-state index contributed by atoms with van der Waals surface area (Å²) in [4.78, 5) is 11.4. The highest BCUT2D eigenvalue weighted by Gasteiger charge is 2.21. The number of rotatable bonds is 3. The third-order valence-corrected chi connectivity index (χ3v) is 1.67. The summed E-state index contributed by atoms with van der Waals surface area (Å²) in [5.74, 6) is -1.97. The molecule has 0 fully saturated rings. The molecule has 4 nitrogen and oxygen atoms in total. The highest BCUT2D eigenvalue weighted by molar-refractivity contribution is 5.93. The molecule has 7 heteroatoms. The van der Waals surface area contributed by atoms with Gasteiger partial charge in [0.15, 0.2) is 13.6 Å². The van der Waals surface area contributed by atoms with Gasteiger partial charge in [-0.25, -0.2) is 13.5 Å². The summed E-state index contributed by atoms with van der Waals surface area (Å²) in [6, 6.07) is 0. The van der Waals surface area contributed by atoms with Crippen LogP contribution in [-0.2, 0) is 7.05 Å².